The molecule has 1 saturated heterocycles. The number of carbonyl (C=O) groups is 1. The standard InChI is InChI=1S/C11H10BrClINO/c12-5-7-3-11(16)15(6-7)8-1-2-10(14)9(13)4-8/h1-2,4,7H,3,5-6H2. The number of alkyl halides is 1. The average molecular weight is 414 g/mol. The van der Waals surface area contributed by atoms with Crippen molar-refractivity contribution < 1.29 is 4.79 Å². The van der Waals surface area contributed by atoms with Gasteiger partial charge in [0.05, 0.1) is 5.02 Å². The first-order valence-corrected chi connectivity index (χ1v) is 7.51. The van der Waals surface area contributed by atoms with E-state index in [0.717, 1.165) is 21.1 Å². The number of rotatable bonds is 2. The first-order chi connectivity index (χ1) is 7.61. The maximum absolute atomic E-state index is 11.8. The molecule has 1 aromatic carbocycles. The molecule has 0 saturated carbocycles. The predicted octanol–water partition coefficient (Wildman–Crippen LogP) is 3.69. The van der Waals surface area contributed by atoms with E-state index < -0.39 is 0 Å². The van der Waals surface area contributed by atoms with Gasteiger partial charge in [-0.25, -0.2) is 0 Å². The Morgan fingerprint density at radius 2 is 2.31 bits per heavy atom. The predicted molar refractivity (Wildman–Crippen MR) is 78.4 cm³/mol. The summed E-state index contributed by atoms with van der Waals surface area (Å²) < 4.78 is 1.01. The Hall–Kier alpha value is 0.190. The maximum atomic E-state index is 11.8. The van der Waals surface area contributed by atoms with Crippen molar-refractivity contribution in [3.8, 4) is 0 Å². The lowest BCUT2D eigenvalue weighted by Crippen LogP contribution is -2.24. The number of carbonyl (C=O) groups excluding carboxylic acids is 1. The molecule has 86 valence electrons. The molecule has 1 aliphatic rings. The monoisotopic (exact) mass is 413 g/mol. The molecule has 16 heavy (non-hydrogen) atoms. The molecule has 1 heterocycles. The van der Waals surface area contributed by atoms with E-state index in [0.29, 0.717) is 17.4 Å². The van der Waals surface area contributed by atoms with Gasteiger partial charge in [-0.3, -0.25) is 4.79 Å². The lowest BCUT2D eigenvalue weighted by Gasteiger charge is -2.17. The van der Waals surface area contributed by atoms with Crippen LogP contribution >= 0.6 is 50.1 Å². The van der Waals surface area contributed by atoms with E-state index in [4.69, 9.17) is 11.6 Å². The Labute approximate surface area is 122 Å². The number of nitrogens with zero attached hydrogens (tertiary/aromatic N) is 1. The van der Waals surface area contributed by atoms with E-state index in [9.17, 15) is 4.79 Å². The normalized spacial score (nSPS) is 20.6. The van der Waals surface area contributed by atoms with Gasteiger partial charge in [-0.2, -0.15) is 0 Å². The van der Waals surface area contributed by atoms with Gasteiger partial charge in [-0.1, -0.05) is 27.5 Å². The number of halogens is 3. The zero-order valence-corrected chi connectivity index (χ0v) is 12.9. The van der Waals surface area contributed by atoms with E-state index in [1.54, 1.807) is 0 Å². The van der Waals surface area contributed by atoms with Crippen LogP contribution < -0.4 is 4.90 Å². The lowest BCUT2D eigenvalue weighted by atomic mass is 10.2. The molecule has 0 aliphatic carbocycles. The van der Waals surface area contributed by atoms with E-state index in [2.05, 4.69) is 38.5 Å². The Morgan fingerprint density at radius 1 is 1.56 bits per heavy atom. The second kappa shape index (κ2) is 5.23. The molecular weight excluding hydrogens is 404 g/mol. The topological polar surface area (TPSA) is 20.3 Å². The largest absolute Gasteiger partial charge is 0.312 e. The van der Waals surface area contributed by atoms with Crippen LogP contribution in [0.15, 0.2) is 18.2 Å². The van der Waals surface area contributed by atoms with Gasteiger partial charge in [0.2, 0.25) is 5.91 Å². The van der Waals surface area contributed by atoms with Gasteiger partial charge >= 0.3 is 0 Å². The fourth-order valence-electron chi connectivity index (χ4n) is 1.79. The first kappa shape index (κ1) is 12.6. The maximum Gasteiger partial charge on any atom is 0.227 e. The van der Waals surface area contributed by atoms with Gasteiger partial charge in [0.15, 0.2) is 0 Å². The summed E-state index contributed by atoms with van der Waals surface area (Å²) in [7, 11) is 0. The molecule has 2 rings (SSSR count). The molecule has 0 aromatic heterocycles. The Morgan fingerprint density at radius 3 is 2.88 bits per heavy atom. The summed E-state index contributed by atoms with van der Waals surface area (Å²) in [4.78, 5) is 13.6. The molecule has 0 spiro atoms. The molecule has 1 amide bonds. The lowest BCUT2D eigenvalue weighted by molar-refractivity contribution is -0.117. The minimum absolute atomic E-state index is 0.182. The van der Waals surface area contributed by atoms with Gasteiger partial charge < -0.3 is 4.90 Å². The zero-order chi connectivity index (χ0) is 11.7. The summed E-state index contributed by atoms with van der Waals surface area (Å²) in [5, 5.41) is 1.57. The van der Waals surface area contributed by atoms with E-state index in [1.807, 2.05) is 23.1 Å². The highest BCUT2D eigenvalue weighted by molar-refractivity contribution is 14.1. The molecule has 5 heteroatoms. The van der Waals surface area contributed by atoms with Gasteiger partial charge in [0, 0.05) is 27.6 Å². The van der Waals surface area contributed by atoms with Crippen molar-refractivity contribution in [3.05, 3.63) is 26.8 Å². The Balaban J connectivity index is 2.24. The van der Waals surface area contributed by atoms with Crippen LogP contribution in [0.5, 0.6) is 0 Å². The third-order valence-corrected chi connectivity index (χ3v) is 5.13. The van der Waals surface area contributed by atoms with Crippen LogP contribution in [0.2, 0.25) is 5.02 Å². The van der Waals surface area contributed by atoms with Crippen LogP contribution in [-0.4, -0.2) is 17.8 Å². The smallest absolute Gasteiger partial charge is 0.227 e. The van der Waals surface area contributed by atoms with Crippen molar-refractivity contribution in [2.45, 2.75) is 6.42 Å². The van der Waals surface area contributed by atoms with Crippen LogP contribution in [0.1, 0.15) is 6.42 Å². The Bertz CT molecular complexity index is 426. The summed E-state index contributed by atoms with van der Waals surface area (Å²) in [5.41, 5.74) is 0.902. The molecule has 1 aliphatic heterocycles. The summed E-state index contributed by atoms with van der Waals surface area (Å²) in [5.74, 6) is 0.590. The van der Waals surface area contributed by atoms with Crippen LogP contribution in [0.25, 0.3) is 0 Å². The minimum Gasteiger partial charge on any atom is -0.312 e. The molecule has 1 fully saturated rings. The quantitative estimate of drug-likeness (QED) is 0.534. The van der Waals surface area contributed by atoms with E-state index in [1.165, 1.54) is 0 Å². The van der Waals surface area contributed by atoms with Crippen molar-refractivity contribution in [1.29, 1.82) is 0 Å². The number of benzene rings is 1. The molecule has 1 aromatic rings. The third kappa shape index (κ3) is 2.54. The molecule has 1 atom stereocenters. The number of amides is 1. The second-order valence-electron chi connectivity index (χ2n) is 3.83. The fourth-order valence-corrected chi connectivity index (χ4v) is 2.73. The number of anilines is 1. The molecule has 2 nitrogen and oxygen atoms in total. The summed E-state index contributed by atoms with van der Waals surface area (Å²) in [6, 6.07) is 5.74. The highest BCUT2D eigenvalue weighted by Crippen LogP contribution is 2.29. The van der Waals surface area contributed by atoms with Gasteiger partial charge in [0.25, 0.3) is 0 Å². The minimum atomic E-state index is 0.182. The van der Waals surface area contributed by atoms with Gasteiger partial charge in [-0.05, 0) is 46.7 Å². The van der Waals surface area contributed by atoms with Gasteiger partial charge in [0.1, 0.15) is 0 Å². The van der Waals surface area contributed by atoms with Gasteiger partial charge in [-0.15, -0.1) is 0 Å². The average Bonchev–Trinajstić information content (AvgIpc) is 2.64. The van der Waals surface area contributed by atoms with E-state index >= 15 is 0 Å². The first-order valence-electron chi connectivity index (χ1n) is 4.93. The van der Waals surface area contributed by atoms with Crippen molar-refractivity contribution >= 4 is 61.7 Å². The van der Waals surface area contributed by atoms with Crippen molar-refractivity contribution in [2.24, 2.45) is 5.92 Å². The SMILES string of the molecule is O=C1CC(CBr)CN1c1ccc(I)c(Cl)c1. The molecule has 1 unspecified atom stereocenters. The third-order valence-electron chi connectivity index (χ3n) is 2.64. The second-order valence-corrected chi connectivity index (χ2v) is 6.04. The molecule has 0 radical (unpaired) electrons. The van der Waals surface area contributed by atoms with Crippen LogP contribution in [0.4, 0.5) is 5.69 Å². The van der Waals surface area contributed by atoms with Crippen LogP contribution in [-0.2, 0) is 4.79 Å². The summed E-state index contributed by atoms with van der Waals surface area (Å²) in [6.07, 6.45) is 0.620. The summed E-state index contributed by atoms with van der Waals surface area (Å²) >= 11 is 11.7. The molecule has 0 bridgehead atoms. The van der Waals surface area contributed by atoms with Crippen molar-refractivity contribution in [2.75, 3.05) is 16.8 Å². The van der Waals surface area contributed by atoms with Crippen LogP contribution in [0.3, 0.4) is 0 Å². The fraction of sp³-hybridized carbons (Fsp3) is 0.364. The van der Waals surface area contributed by atoms with E-state index in [-0.39, 0.29) is 5.91 Å². The molecule has 0 N–H and O–H groups in total. The zero-order valence-electron chi connectivity index (χ0n) is 8.42. The highest BCUT2D eigenvalue weighted by atomic mass is 127. The number of hydrogen-bond donors (Lipinski definition) is 0. The number of hydrogen-bond acceptors (Lipinski definition) is 1. The van der Waals surface area contributed by atoms with Crippen LogP contribution in [0, 0.1) is 9.49 Å². The highest BCUT2D eigenvalue weighted by Gasteiger charge is 2.29. The van der Waals surface area contributed by atoms with Crippen molar-refractivity contribution in [1.82, 2.24) is 0 Å². The summed E-state index contributed by atoms with van der Waals surface area (Å²) in [6.45, 7) is 0.779. The molecular formula is C11H10BrClINO. The Kier molecular flexibility index (Phi) is 4.13. The van der Waals surface area contributed by atoms with Crippen molar-refractivity contribution in [3.63, 3.8) is 0 Å².